The van der Waals surface area contributed by atoms with E-state index in [0.717, 1.165) is 12.0 Å². The van der Waals surface area contributed by atoms with Crippen LogP contribution in [-0.4, -0.2) is 30.5 Å². The van der Waals surface area contributed by atoms with Crippen molar-refractivity contribution >= 4 is 11.9 Å². The van der Waals surface area contributed by atoms with E-state index < -0.39 is 5.97 Å². The maximum atomic E-state index is 12.2. The third-order valence-electron chi connectivity index (χ3n) is 3.60. The molecule has 0 radical (unpaired) electrons. The molecular weight excluding hydrogens is 280 g/mol. The number of hydrogen-bond acceptors (Lipinski definition) is 3. The SMILES string of the molecule is COC(=O)c1c(C)[nH]c(C(=O)NCCc2ccccc2)c1C. The van der Waals surface area contributed by atoms with Crippen LogP contribution in [-0.2, 0) is 11.2 Å². The van der Waals surface area contributed by atoms with Crippen LogP contribution >= 0.6 is 0 Å². The fourth-order valence-electron chi connectivity index (χ4n) is 2.44. The minimum absolute atomic E-state index is 0.216. The molecule has 22 heavy (non-hydrogen) atoms. The Kier molecular flexibility index (Phi) is 4.99. The Morgan fingerprint density at radius 3 is 2.50 bits per heavy atom. The first-order valence-corrected chi connectivity index (χ1v) is 7.14. The van der Waals surface area contributed by atoms with E-state index in [4.69, 9.17) is 4.74 Å². The fourth-order valence-corrected chi connectivity index (χ4v) is 2.44. The molecule has 0 saturated carbocycles. The number of nitrogens with one attached hydrogen (secondary N) is 2. The molecule has 2 rings (SSSR count). The van der Waals surface area contributed by atoms with Gasteiger partial charge in [-0.2, -0.15) is 0 Å². The quantitative estimate of drug-likeness (QED) is 0.833. The van der Waals surface area contributed by atoms with Crippen LogP contribution in [0.15, 0.2) is 30.3 Å². The number of methoxy groups -OCH3 is 1. The van der Waals surface area contributed by atoms with E-state index in [9.17, 15) is 9.59 Å². The van der Waals surface area contributed by atoms with Gasteiger partial charge in [0.25, 0.3) is 5.91 Å². The molecule has 0 aliphatic heterocycles. The summed E-state index contributed by atoms with van der Waals surface area (Å²) in [7, 11) is 1.33. The standard InChI is InChI=1S/C17H20N2O3/c1-11-14(17(21)22-3)12(2)19-15(11)16(20)18-10-9-13-7-5-4-6-8-13/h4-8,19H,9-10H2,1-3H3,(H,18,20). The van der Waals surface area contributed by atoms with Crippen molar-refractivity contribution in [1.82, 2.24) is 10.3 Å². The minimum Gasteiger partial charge on any atom is -0.465 e. The van der Waals surface area contributed by atoms with Crippen LogP contribution in [0, 0.1) is 13.8 Å². The van der Waals surface area contributed by atoms with Gasteiger partial charge in [0.1, 0.15) is 5.69 Å². The Morgan fingerprint density at radius 1 is 1.18 bits per heavy atom. The molecule has 0 atom stereocenters. The minimum atomic E-state index is -0.436. The second kappa shape index (κ2) is 6.93. The van der Waals surface area contributed by atoms with Gasteiger partial charge in [0, 0.05) is 12.2 Å². The summed E-state index contributed by atoms with van der Waals surface area (Å²) < 4.78 is 4.74. The highest BCUT2D eigenvalue weighted by molar-refractivity contribution is 6.00. The molecule has 1 heterocycles. The Bertz CT molecular complexity index is 675. The summed E-state index contributed by atoms with van der Waals surface area (Å²) in [6.07, 6.45) is 0.759. The molecule has 2 N–H and O–H groups in total. The Labute approximate surface area is 129 Å². The second-order valence-electron chi connectivity index (χ2n) is 5.11. The molecular formula is C17H20N2O3. The third-order valence-corrected chi connectivity index (χ3v) is 3.60. The molecule has 0 aliphatic rings. The van der Waals surface area contributed by atoms with E-state index in [1.165, 1.54) is 7.11 Å². The van der Waals surface area contributed by atoms with Gasteiger partial charge >= 0.3 is 5.97 Å². The summed E-state index contributed by atoms with van der Waals surface area (Å²) in [5.41, 5.74) is 3.25. The predicted molar refractivity (Wildman–Crippen MR) is 84.1 cm³/mol. The first-order valence-electron chi connectivity index (χ1n) is 7.14. The van der Waals surface area contributed by atoms with Gasteiger partial charge in [-0.3, -0.25) is 4.79 Å². The van der Waals surface area contributed by atoms with Gasteiger partial charge < -0.3 is 15.0 Å². The maximum absolute atomic E-state index is 12.2. The number of ether oxygens (including phenoxy) is 1. The summed E-state index contributed by atoms with van der Waals surface area (Å²) in [5.74, 6) is -0.652. The highest BCUT2D eigenvalue weighted by Crippen LogP contribution is 2.18. The number of hydrogen-bond donors (Lipinski definition) is 2. The number of benzene rings is 1. The van der Waals surface area contributed by atoms with Crippen molar-refractivity contribution in [2.45, 2.75) is 20.3 Å². The zero-order chi connectivity index (χ0) is 16.1. The summed E-state index contributed by atoms with van der Waals surface area (Å²) in [6, 6.07) is 9.94. The van der Waals surface area contributed by atoms with E-state index in [0.29, 0.717) is 29.1 Å². The average molecular weight is 300 g/mol. The van der Waals surface area contributed by atoms with E-state index in [2.05, 4.69) is 10.3 Å². The van der Waals surface area contributed by atoms with Crippen molar-refractivity contribution in [3.8, 4) is 0 Å². The Morgan fingerprint density at radius 2 is 1.86 bits per heavy atom. The van der Waals surface area contributed by atoms with Crippen LogP contribution in [0.1, 0.15) is 37.7 Å². The summed E-state index contributed by atoms with van der Waals surface area (Å²) in [5, 5.41) is 2.86. The lowest BCUT2D eigenvalue weighted by atomic mass is 10.1. The maximum Gasteiger partial charge on any atom is 0.339 e. The van der Waals surface area contributed by atoms with Gasteiger partial charge in [-0.05, 0) is 31.4 Å². The third kappa shape index (κ3) is 3.36. The number of rotatable bonds is 5. The number of carbonyl (C=O) groups is 2. The predicted octanol–water partition coefficient (Wildman–Crippen LogP) is 2.39. The molecule has 0 bridgehead atoms. The van der Waals surface area contributed by atoms with Gasteiger partial charge in [0.05, 0.1) is 12.7 Å². The monoisotopic (exact) mass is 300 g/mol. The van der Waals surface area contributed by atoms with Gasteiger partial charge in [0.15, 0.2) is 0 Å². The van der Waals surface area contributed by atoms with Gasteiger partial charge in [-0.15, -0.1) is 0 Å². The average Bonchev–Trinajstić information content (AvgIpc) is 2.82. The fraction of sp³-hybridized carbons (Fsp3) is 0.294. The van der Waals surface area contributed by atoms with Crippen LogP contribution in [0.4, 0.5) is 0 Å². The number of aromatic amines is 1. The molecule has 0 spiro atoms. The van der Waals surface area contributed by atoms with E-state index in [-0.39, 0.29) is 5.91 Å². The summed E-state index contributed by atoms with van der Waals surface area (Å²) in [6.45, 7) is 4.02. The number of carbonyl (C=O) groups excluding carboxylic acids is 2. The van der Waals surface area contributed by atoms with Gasteiger partial charge in [-0.1, -0.05) is 30.3 Å². The van der Waals surface area contributed by atoms with Crippen LogP contribution in [0.3, 0.4) is 0 Å². The van der Waals surface area contributed by atoms with Crippen molar-refractivity contribution in [2.75, 3.05) is 13.7 Å². The lowest BCUT2D eigenvalue weighted by Gasteiger charge is -2.05. The van der Waals surface area contributed by atoms with Gasteiger partial charge in [0.2, 0.25) is 0 Å². The largest absolute Gasteiger partial charge is 0.465 e. The molecule has 0 saturated heterocycles. The van der Waals surface area contributed by atoms with Crippen molar-refractivity contribution < 1.29 is 14.3 Å². The molecule has 0 fully saturated rings. The van der Waals surface area contributed by atoms with Crippen molar-refractivity contribution in [3.05, 3.63) is 58.4 Å². The number of H-pyrrole nitrogens is 1. The molecule has 1 amide bonds. The summed E-state index contributed by atoms with van der Waals surface area (Å²) in [4.78, 5) is 26.9. The molecule has 0 aliphatic carbocycles. The first kappa shape index (κ1) is 15.8. The van der Waals surface area contributed by atoms with E-state index >= 15 is 0 Å². The smallest absolute Gasteiger partial charge is 0.339 e. The number of aromatic nitrogens is 1. The molecule has 1 aromatic carbocycles. The van der Waals surface area contributed by atoms with E-state index in [1.807, 2.05) is 30.3 Å². The van der Waals surface area contributed by atoms with Crippen molar-refractivity contribution in [3.63, 3.8) is 0 Å². The number of aryl methyl sites for hydroxylation is 1. The summed E-state index contributed by atoms with van der Waals surface area (Å²) >= 11 is 0. The lowest BCUT2D eigenvalue weighted by molar-refractivity contribution is 0.0599. The van der Waals surface area contributed by atoms with Crippen molar-refractivity contribution in [1.29, 1.82) is 0 Å². The number of amides is 1. The Hall–Kier alpha value is -2.56. The lowest BCUT2D eigenvalue weighted by Crippen LogP contribution is -2.26. The van der Waals surface area contributed by atoms with Crippen LogP contribution in [0.2, 0.25) is 0 Å². The van der Waals surface area contributed by atoms with Crippen LogP contribution in [0.5, 0.6) is 0 Å². The zero-order valence-electron chi connectivity index (χ0n) is 13.0. The second-order valence-corrected chi connectivity index (χ2v) is 5.11. The molecule has 2 aromatic rings. The molecule has 0 unspecified atom stereocenters. The zero-order valence-corrected chi connectivity index (χ0v) is 13.0. The number of esters is 1. The molecule has 1 aromatic heterocycles. The first-order chi connectivity index (χ1) is 10.5. The van der Waals surface area contributed by atoms with Crippen molar-refractivity contribution in [2.24, 2.45) is 0 Å². The highest BCUT2D eigenvalue weighted by atomic mass is 16.5. The normalized spacial score (nSPS) is 10.3. The van der Waals surface area contributed by atoms with Crippen LogP contribution in [0.25, 0.3) is 0 Å². The van der Waals surface area contributed by atoms with Gasteiger partial charge in [-0.25, -0.2) is 4.79 Å². The molecule has 5 nitrogen and oxygen atoms in total. The van der Waals surface area contributed by atoms with Crippen LogP contribution < -0.4 is 5.32 Å². The highest BCUT2D eigenvalue weighted by Gasteiger charge is 2.22. The molecule has 5 heteroatoms. The van der Waals surface area contributed by atoms with E-state index in [1.54, 1.807) is 13.8 Å². The molecule has 116 valence electrons. The topological polar surface area (TPSA) is 71.2 Å². The Balaban J connectivity index is 2.03.